The van der Waals surface area contributed by atoms with Crippen LogP contribution in [-0.2, 0) is 9.59 Å². The Labute approximate surface area is 76.5 Å². The van der Waals surface area contributed by atoms with E-state index in [9.17, 15) is 9.59 Å². The molecule has 2 N–H and O–H groups in total. The zero-order valence-electron chi connectivity index (χ0n) is 7.38. The molecule has 2 amide bonds. The van der Waals surface area contributed by atoms with Crippen molar-refractivity contribution >= 4 is 11.8 Å². The highest BCUT2D eigenvalue weighted by Gasteiger charge is 2.32. The Balaban J connectivity index is 2.04. The lowest BCUT2D eigenvalue weighted by Crippen LogP contribution is -2.56. The van der Waals surface area contributed by atoms with Crippen molar-refractivity contribution in [3.05, 3.63) is 0 Å². The molecule has 5 heteroatoms. The molecule has 1 unspecified atom stereocenters. The van der Waals surface area contributed by atoms with Gasteiger partial charge in [0.1, 0.15) is 0 Å². The van der Waals surface area contributed by atoms with Crippen molar-refractivity contribution in [3.63, 3.8) is 0 Å². The average Bonchev–Trinajstić information content (AvgIpc) is 2.62. The van der Waals surface area contributed by atoms with Gasteiger partial charge in [-0.05, 0) is 13.0 Å². The summed E-state index contributed by atoms with van der Waals surface area (Å²) in [4.78, 5) is 24.1. The predicted molar refractivity (Wildman–Crippen MR) is 46.0 cm³/mol. The number of rotatable bonds is 1. The smallest absolute Gasteiger partial charge is 0.312 e. The van der Waals surface area contributed by atoms with Crippen LogP contribution in [0.2, 0.25) is 0 Å². The molecule has 2 aliphatic rings. The van der Waals surface area contributed by atoms with Crippen LogP contribution in [0.3, 0.4) is 0 Å². The van der Waals surface area contributed by atoms with E-state index in [1.54, 1.807) is 4.90 Å². The minimum atomic E-state index is -0.460. The highest BCUT2D eigenvalue weighted by molar-refractivity contribution is 6.35. The van der Waals surface area contributed by atoms with E-state index in [1.807, 2.05) is 0 Å². The SMILES string of the molecule is O=C1NCCN(C2CCNC2)C1=O. The van der Waals surface area contributed by atoms with Crippen molar-refractivity contribution in [1.82, 2.24) is 15.5 Å². The second-order valence-corrected chi connectivity index (χ2v) is 3.40. The lowest BCUT2D eigenvalue weighted by atomic mass is 10.2. The van der Waals surface area contributed by atoms with Crippen LogP contribution in [0.4, 0.5) is 0 Å². The third-order valence-corrected chi connectivity index (χ3v) is 2.57. The molecule has 2 aliphatic heterocycles. The van der Waals surface area contributed by atoms with Gasteiger partial charge in [-0.25, -0.2) is 0 Å². The molecule has 0 bridgehead atoms. The zero-order valence-corrected chi connectivity index (χ0v) is 7.38. The van der Waals surface area contributed by atoms with Crippen LogP contribution in [0.25, 0.3) is 0 Å². The number of nitrogens with zero attached hydrogens (tertiary/aromatic N) is 1. The van der Waals surface area contributed by atoms with Gasteiger partial charge >= 0.3 is 11.8 Å². The maximum Gasteiger partial charge on any atom is 0.312 e. The molecule has 13 heavy (non-hydrogen) atoms. The summed E-state index contributed by atoms with van der Waals surface area (Å²) in [5.74, 6) is -0.835. The summed E-state index contributed by atoms with van der Waals surface area (Å²) in [6, 6.07) is 0.221. The summed E-state index contributed by atoms with van der Waals surface area (Å²) < 4.78 is 0. The molecule has 0 spiro atoms. The maximum absolute atomic E-state index is 11.4. The van der Waals surface area contributed by atoms with Crippen LogP contribution in [-0.4, -0.2) is 48.9 Å². The molecule has 2 rings (SSSR count). The molecule has 0 aliphatic carbocycles. The summed E-state index contributed by atoms with van der Waals surface area (Å²) in [6.45, 7) is 2.99. The zero-order chi connectivity index (χ0) is 9.26. The minimum absolute atomic E-state index is 0.221. The number of nitrogens with one attached hydrogen (secondary N) is 2. The summed E-state index contributed by atoms with van der Waals surface area (Å²) >= 11 is 0. The second kappa shape index (κ2) is 3.33. The Morgan fingerprint density at radius 3 is 2.85 bits per heavy atom. The Kier molecular flexibility index (Phi) is 2.18. The van der Waals surface area contributed by atoms with Gasteiger partial charge in [0, 0.05) is 25.7 Å². The van der Waals surface area contributed by atoms with Gasteiger partial charge < -0.3 is 15.5 Å². The third-order valence-electron chi connectivity index (χ3n) is 2.57. The first-order valence-electron chi connectivity index (χ1n) is 4.58. The van der Waals surface area contributed by atoms with Gasteiger partial charge in [0.2, 0.25) is 0 Å². The van der Waals surface area contributed by atoms with Crippen LogP contribution in [0.1, 0.15) is 6.42 Å². The number of hydrogen-bond acceptors (Lipinski definition) is 3. The monoisotopic (exact) mass is 183 g/mol. The number of carbonyl (C=O) groups is 2. The molecule has 5 nitrogen and oxygen atoms in total. The lowest BCUT2D eigenvalue weighted by Gasteiger charge is -2.31. The van der Waals surface area contributed by atoms with Crippen LogP contribution in [0.5, 0.6) is 0 Å². The van der Waals surface area contributed by atoms with Crippen molar-refractivity contribution in [1.29, 1.82) is 0 Å². The Bertz CT molecular complexity index is 236. The van der Waals surface area contributed by atoms with Gasteiger partial charge in [-0.2, -0.15) is 0 Å². The van der Waals surface area contributed by atoms with E-state index in [0.29, 0.717) is 13.1 Å². The fourth-order valence-electron chi connectivity index (χ4n) is 1.85. The van der Waals surface area contributed by atoms with Crippen LogP contribution < -0.4 is 10.6 Å². The average molecular weight is 183 g/mol. The van der Waals surface area contributed by atoms with E-state index in [1.165, 1.54) is 0 Å². The Morgan fingerprint density at radius 1 is 1.31 bits per heavy atom. The molecule has 0 aromatic rings. The Morgan fingerprint density at radius 2 is 2.15 bits per heavy atom. The van der Waals surface area contributed by atoms with E-state index < -0.39 is 5.91 Å². The molecule has 1 atom stereocenters. The Hall–Kier alpha value is -1.10. The predicted octanol–water partition coefficient (Wildman–Crippen LogP) is -1.69. The first kappa shape index (κ1) is 8.50. The molecule has 0 aromatic carbocycles. The highest BCUT2D eigenvalue weighted by Crippen LogP contribution is 2.09. The molecule has 72 valence electrons. The number of piperazine rings is 1. The molecular formula is C8H13N3O2. The minimum Gasteiger partial charge on any atom is -0.346 e. The molecule has 2 heterocycles. The normalized spacial score (nSPS) is 29.2. The lowest BCUT2D eigenvalue weighted by molar-refractivity contribution is -0.149. The number of amides is 2. The van der Waals surface area contributed by atoms with Gasteiger partial charge in [0.05, 0.1) is 0 Å². The quantitative estimate of drug-likeness (QED) is 0.477. The van der Waals surface area contributed by atoms with E-state index in [4.69, 9.17) is 0 Å². The summed E-state index contributed by atoms with van der Waals surface area (Å²) in [5, 5.41) is 5.71. The standard InChI is InChI=1S/C8H13N3O2/c12-7-8(13)11(4-3-10-7)6-1-2-9-5-6/h6,9H,1-5H2,(H,10,12). The highest BCUT2D eigenvalue weighted by atomic mass is 16.2. The van der Waals surface area contributed by atoms with Gasteiger partial charge in [-0.1, -0.05) is 0 Å². The number of hydrogen-bond donors (Lipinski definition) is 2. The molecule has 0 aromatic heterocycles. The van der Waals surface area contributed by atoms with Gasteiger partial charge in [0.15, 0.2) is 0 Å². The van der Waals surface area contributed by atoms with Crippen LogP contribution in [0, 0.1) is 0 Å². The summed E-state index contributed by atoms with van der Waals surface area (Å²) in [5.41, 5.74) is 0. The van der Waals surface area contributed by atoms with Crippen LogP contribution >= 0.6 is 0 Å². The van der Waals surface area contributed by atoms with E-state index >= 15 is 0 Å². The van der Waals surface area contributed by atoms with Crippen molar-refractivity contribution < 1.29 is 9.59 Å². The van der Waals surface area contributed by atoms with Crippen molar-refractivity contribution in [2.45, 2.75) is 12.5 Å². The summed E-state index contributed by atoms with van der Waals surface area (Å²) in [6.07, 6.45) is 0.957. The fourth-order valence-corrected chi connectivity index (χ4v) is 1.85. The number of carbonyl (C=O) groups excluding carboxylic acids is 2. The molecule has 0 saturated carbocycles. The van der Waals surface area contributed by atoms with E-state index in [-0.39, 0.29) is 11.9 Å². The van der Waals surface area contributed by atoms with Crippen molar-refractivity contribution in [2.24, 2.45) is 0 Å². The maximum atomic E-state index is 11.4. The van der Waals surface area contributed by atoms with Gasteiger partial charge in [-0.15, -0.1) is 0 Å². The van der Waals surface area contributed by atoms with Crippen molar-refractivity contribution in [2.75, 3.05) is 26.2 Å². The van der Waals surface area contributed by atoms with Crippen molar-refractivity contribution in [3.8, 4) is 0 Å². The molecule has 2 fully saturated rings. The molecular weight excluding hydrogens is 170 g/mol. The van der Waals surface area contributed by atoms with Gasteiger partial charge in [0.25, 0.3) is 0 Å². The first-order chi connectivity index (χ1) is 6.29. The third kappa shape index (κ3) is 1.51. The summed E-state index contributed by atoms with van der Waals surface area (Å²) in [7, 11) is 0. The molecule has 2 saturated heterocycles. The topological polar surface area (TPSA) is 61.4 Å². The van der Waals surface area contributed by atoms with Gasteiger partial charge in [-0.3, -0.25) is 9.59 Å². The van der Waals surface area contributed by atoms with Crippen LogP contribution in [0.15, 0.2) is 0 Å². The van der Waals surface area contributed by atoms with E-state index in [2.05, 4.69) is 10.6 Å². The first-order valence-corrected chi connectivity index (χ1v) is 4.58. The second-order valence-electron chi connectivity index (χ2n) is 3.40. The molecule has 0 radical (unpaired) electrons. The largest absolute Gasteiger partial charge is 0.346 e. The fraction of sp³-hybridized carbons (Fsp3) is 0.750. The van der Waals surface area contributed by atoms with E-state index in [0.717, 1.165) is 19.5 Å².